The number of hydrogen-bond acceptors (Lipinski definition) is 4. The fraction of sp³-hybridized carbons (Fsp3) is 0.800. The fourth-order valence-electron chi connectivity index (χ4n) is 2.89. The topological polar surface area (TPSA) is 37.0 Å². The minimum absolute atomic E-state index is 0.0528. The van der Waals surface area contributed by atoms with Crippen molar-refractivity contribution in [3.63, 3.8) is 0 Å². The molecule has 1 aliphatic rings. The summed E-state index contributed by atoms with van der Waals surface area (Å²) in [5, 5.41) is 10.8. The van der Waals surface area contributed by atoms with Gasteiger partial charge in [0.1, 0.15) is 5.01 Å². The van der Waals surface area contributed by atoms with Crippen LogP contribution in [0.15, 0.2) is 5.38 Å². The van der Waals surface area contributed by atoms with Crippen molar-refractivity contribution in [3.05, 3.63) is 16.1 Å². The molecular weight excluding hydrogens is 254 g/mol. The first-order chi connectivity index (χ1) is 8.95. The first-order valence-electron chi connectivity index (χ1n) is 7.40. The minimum Gasteiger partial charge on any atom is -0.316 e. The van der Waals surface area contributed by atoms with Crippen LogP contribution in [0.2, 0.25) is 0 Å². The van der Waals surface area contributed by atoms with Crippen LogP contribution in [0, 0.1) is 5.92 Å². The molecule has 0 radical (unpaired) electrons. The monoisotopic (exact) mass is 281 g/mol. The Hall–Kier alpha value is -0.450. The van der Waals surface area contributed by atoms with Crippen LogP contribution in [0.25, 0.3) is 0 Å². The largest absolute Gasteiger partial charge is 0.316 e. The van der Waals surface area contributed by atoms with E-state index in [1.54, 1.807) is 0 Å². The number of piperidine rings is 1. The standard InChI is InChI=1S/C15H27N3S/c1-10(2)13-9-19-14(17-13)15(18-11(3)4)6-7-16-8-12(15)5/h9-12,16,18H,6-8H2,1-5H3. The summed E-state index contributed by atoms with van der Waals surface area (Å²) < 4.78 is 0. The van der Waals surface area contributed by atoms with Crippen molar-refractivity contribution in [1.82, 2.24) is 15.6 Å². The third-order valence-corrected chi connectivity index (χ3v) is 5.07. The number of hydrogen-bond donors (Lipinski definition) is 2. The Balaban J connectivity index is 2.35. The van der Waals surface area contributed by atoms with Gasteiger partial charge in [0.05, 0.1) is 11.2 Å². The molecule has 4 heteroatoms. The lowest BCUT2D eigenvalue weighted by molar-refractivity contribution is 0.154. The zero-order valence-electron chi connectivity index (χ0n) is 12.8. The van der Waals surface area contributed by atoms with E-state index in [1.165, 1.54) is 10.7 Å². The zero-order chi connectivity index (χ0) is 14.0. The summed E-state index contributed by atoms with van der Waals surface area (Å²) >= 11 is 1.83. The van der Waals surface area contributed by atoms with Gasteiger partial charge in [0.15, 0.2) is 0 Å². The van der Waals surface area contributed by atoms with Gasteiger partial charge in [-0.1, -0.05) is 20.8 Å². The Morgan fingerprint density at radius 3 is 2.68 bits per heavy atom. The average Bonchev–Trinajstić information content (AvgIpc) is 2.81. The van der Waals surface area contributed by atoms with Crippen LogP contribution in [0.5, 0.6) is 0 Å². The summed E-state index contributed by atoms with van der Waals surface area (Å²) in [6, 6.07) is 0.479. The molecule has 2 N–H and O–H groups in total. The van der Waals surface area contributed by atoms with Crippen molar-refractivity contribution in [2.75, 3.05) is 13.1 Å². The highest BCUT2D eigenvalue weighted by Gasteiger charge is 2.42. The second-order valence-electron chi connectivity index (χ2n) is 6.36. The van der Waals surface area contributed by atoms with E-state index in [4.69, 9.17) is 4.98 Å². The lowest BCUT2D eigenvalue weighted by Gasteiger charge is -2.43. The molecule has 0 aromatic carbocycles. The lowest BCUT2D eigenvalue weighted by Crippen LogP contribution is -2.57. The van der Waals surface area contributed by atoms with Crippen molar-refractivity contribution < 1.29 is 0 Å². The first kappa shape index (κ1) is 14.9. The molecule has 19 heavy (non-hydrogen) atoms. The molecular formula is C15H27N3S. The number of rotatable bonds is 4. The molecule has 3 nitrogen and oxygen atoms in total. The second kappa shape index (κ2) is 5.90. The van der Waals surface area contributed by atoms with Crippen LogP contribution in [-0.4, -0.2) is 24.1 Å². The summed E-state index contributed by atoms with van der Waals surface area (Å²) in [5.74, 6) is 1.08. The Morgan fingerprint density at radius 1 is 1.42 bits per heavy atom. The number of nitrogens with one attached hydrogen (secondary N) is 2. The summed E-state index contributed by atoms with van der Waals surface area (Å²) in [5.41, 5.74) is 1.28. The van der Waals surface area contributed by atoms with E-state index in [9.17, 15) is 0 Å². The van der Waals surface area contributed by atoms with Crippen LogP contribution in [0.1, 0.15) is 57.7 Å². The van der Waals surface area contributed by atoms with E-state index in [1.807, 2.05) is 11.3 Å². The molecule has 0 spiro atoms. The maximum atomic E-state index is 4.94. The Kier molecular flexibility index (Phi) is 4.64. The third-order valence-electron chi connectivity index (χ3n) is 4.03. The Labute approximate surface area is 121 Å². The van der Waals surface area contributed by atoms with Gasteiger partial charge in [-0.2, -0.15) is 0 Å². The maximum absolute atomic E-state index is 4.94. The van der Waals surface area contributed by atoms with E-state index in [0.29, 0.717) is 17.9 Å². The molecule has 1 aromatic rings. The molecule has 0 saturated carbocycles. The molecule has 2 unspecified atom stereocenters. The fourth-order valence-corrected chi connectivity index (χ4v) is 4.18. The van der Waals surface area contributed by atoms with Crippen molar-refractivity contribution in [1.29, 1.82) is 0 Å². The molecule has 2 atom stereocenters. The first-order valence-corrected chi connectivity index (χ1v) is 8.28. The summed E-state index contributed by atoms with van der Waals surface area (Å²) in [6.07, 6.45) is 1.12. The molecule has 0 aliphatic carbocycles. The van der Waals surface area contributed by atoms with Crippen LogP contribution in [0.3, 0.4) is 0 Å². The quantitative estimate of drug-likeness (QED) is 0.890. The molecule has 2 heterocycles. The van der Waals surface area contributed by atoms with Gasteiger partial charge >= 0.3 is 0 Å². The molecule has 0 amide bonds. The highest BCUT2D eigenvalue weighted by Crippen LogP contribution is 2.38. The van der Waals surface area contributed by atoms with Crippen molar-refractivity contribution in [2.24, 2.45) is 5.92 Å². The van der Waals surface area contributed by atoms with E-state index < -0.39 is 0 Å². The van der Waals surface area contributed by atoms with E-state index in [0.717, 1.165) is 19.5 Å². The van der Waals surface area contributed by atoms with Crippen molar-refractivity contribution in [2.45, 2.75) is 58.5 Å². The van der Waals surface area contributed by atoms with Gasteiger partial charge < -0.3 is 10.6 Å². The lowest BCUT2D eigenvalue weighted by atomic mass is 9.79. The Bertz CT molecular complexity index is 413. The normalized spacial score (nSPS) is 28.3. The van der Waals surface area contributed by atoms with Gasteiger partial charge in [0, 0.05) is 11.4 Å². The number of nitrogens with zero attached hydrogens (tertiary/aromatic N) is 1. The van der Waals surface area contributed by atoms with Crippen molar-refractivity contribution >= 4 is 11.3 Å². The van der Waals surface area contributed by atoms with E-state index in [2.05, 4.69) is 50.6 Å². The maximum Gasteiger partial charge on any atom is 0.113 e. The predicted octanol–water partition coefficient (Wildman–Crippen LogP) is 3.09. The third kappa shape index (κ3) is 3.01. The van der Waals surface area contributed by atoms with E-state index >= 15 is 0 Å². The second-order valence-corrected chi connectivity index (χ2v) is 7.22. The Morgan fingerprint density at radius 2 is 2.16 bits per heavy atom. The molecule has 108 valence electrons. The summed E-state index contributed by atoms with van der Waals surface area (Å²) in [7, 11) is 0. The molecule has 1 fully saturated rings. The van der Waals surface area contributed by atoms with Crippen LogP contribution in [-0.2, 0) is 5.54 Å². The molecule has 1 saturated heterocycles. The molecule has 1 aliphatic heterocycles. The molecule has 0 bridgehead atoms. The van der Waals surface area contributed by atoms with Gasteiger partial charge in [-0.25, -0.2) is 4.98 Å². The summed E-state index contributed by atoms with van der Waals surface area (Å²) in [4.78, 5) is 4.94. The molecule has 1 aromatic heterocycles. The number of thiazole rings is 1. The van der Waals surface area contributed by atoms with Crippen LogP contribution in [0.4, 0.5) is 0 Å². The van der Waals surface area contributed by atoms with E-state index in [-0.39, 0.29) is 5.54 Å². The van der Waals surface area contributed by atoms with Crippen molar-refractivity contribution in [3.8, 4) is 0 Å². The van der Waals surface area contributed by atoms with Crippen LogP contribution >= 0.6 is 11.3 Å². The van der Waals surface area contributed by atoms with Crippen LogP contribution < -0.4 is 10.6 Å². The van der Waals surface area contributed by atoms with Gasteiger partial charge in [0.2, 0.25) is 0 Å². The highest BCUT2D eigenvalue weighted by molar-refractivity contribution is 7.09. The summed E-state index contributed by atoms with van der Waals surface area (Å²) in [6.45, 7) is 13.4. The van der Waals surface area contributed by atoms with Gasteiger partial charge in [0.25, 0.3) is 0 Å². The number of aromatic nitrogens is 1. The highest BCUT2D eigenvalue weighted by atomic mass is 32.1. The average molecular weight is 281 g/mol. The van der Waals surface area contributed by atoms with Gasteiger partial charge in [-0.3, -0.25) is 0 Å². The zero-order valence-corrected chi connectivity index (χ0v) is 13.6. The minimum atomic E-state index is 0.0528. The van der Waals surface area contributed by atoms with Gasteiger partial charge in [-0.05, 0) is 45.2 Å². The molecule has 2 rings (SSSR count). The van der Waals surface area contributed by atoms with Gasteiger partial charge in [-0.15, -0.1) is 11.3 Å². The SMILES string of the molecule is CC(C)NC1(c2nc(C(C)C)cs2)CCNCC1C. The predicted molar refractivity (Wildman–Crippen MR) is 82.8 cm³/mol. The smallest absolute Gasteiger partial charge is 0.113 e.